The molecule has 2 aromatic carbocycles. The first kappa shape index (κ1) is 16.6. The molecule has 0 unspecified atom stereocenters. The first-order chi connectivity index (χ1) is 11.1. The maximum atomic E-state index is 12.3. The molecule has 4 heteroatoms. The van der Waals surface area contributed by atoms with Crippen LogP contribution in [0.2, 0.25) is 0 Å². The molecule has 0 bridgehead atoms. The van der Waals surface area contributed by atoms with Gasteiger partial charge in [0.15, 0.2) is 5.78 Å². The summed E-state index contributed by atoms with van der Waals surface area (Å²) in [4.78, 5) is 12.3. The second-order valence-corrected chi connectivity index (χ2v) is 5.03. The van der Waals surface area contributed by atoms with Gasteiger partial charge in [-0.15, -0.1) is 0 Å². The Balaban J connectivity index is 2.22. The summed E-state index contributed by atoms with van der Waals surface area (Å²) >= 11 is 0. The van der Waals surface area contributed by atoms with E-state index in [1.165, 1.54) is 6.08 Å². The van der Waals surface area contributed by atoms with Gasteiger partial charge in [0.1, 0.15) is 17.2 Å². The fraction of sp³-hybridized carbons (Fsp3) is 0.211. The largest absolute Gasteiger partial charge is 0.497 e. The molecule has 0 aliphatic carbocycles. The van der Waals surface area contributed by atoms with Crippen LogP contribution in [0.5, 0.6) is 17.2 Å². The summed E-state index contributed by atoms with van der Waals surface area (Å²) < 4.78 is 15.6. The summed E-state index contributed by atoms with van der Waals surface area (Å²) in [6.07, 6.45) is 3.32. The fourth-order valence-electron chi connectivity index (χ4n) is 2.22. The van der Waals surface area contributed by atoms with Crippen LogP contribution < -0.4 is 14.2 Å². The molecule has 23 heavy (non-hydrogen) atoms. The van der Waals surface area contributed by atoms with Crippen molar-refractivity contribution in [1.29, 1.82) is 0 Å². The van der Waals surface area contributed by atoms with Gasteiger partial charge in [-0.1, -0.05) is 12.1 Å². The van der Waals surface area contributed by atoms with Crippen LogP contribution in [-0.2, 0) is 0 Å². The van der Waals surface area contributed by atoms with E-state index in [1.807, 2.05) is 25.1 Å². The zero-order chi connectivity index (χ0) is 16.8. The normalized spacial score (nSPS) is 10.6. The first-order valence-corrected chi connectivity index (χ1v) is 7.17. The van der Waals surface area contributed by atoms with Gasteiger partial charge in [0.2, 0.25) is 0 Å². The van der Waals surface area contributed by atoms with Crippen molar-refractivity contribution in [2.75, 3.05) is 21.3 Å². The number of ether oxygens (including phenoxy) is 3. The zero-order valence-corrected chi connectivity index (χ0v) is 13.8. The number of carbonyl (C=O) groups excluding carboxylic acids is 1. The Hall–Kier alpha value is -2.75. The molecule has 0 radical (unpaired) electrons. The van der Waals surface area contributed by atoms with Crippen LogP contribution >= 0.6 is 0 Å². The van der Waals surface area contributed by atoms with Gasteiger partial charge in [-0.05, 0) is 48.4 Å². The van der Waals surface area contributed by atoms with Crippen LogP contribution in [0.3, 0.4) is 0 Å². The average molecular weight is 312 g/mol. The van der Waals surface area contributed by atoms with Crippen molar-refractivity contribution in [2.45, 2.75) is 6.92 Å². The monoisotopic (exact) mass is 312 g/mol. The molecule has 4 nitrogen and oxygen atoms in total. The molecule has 120 valence electrons. The minimum Gasteiger partial charge on any atom is -0.497 e. The highest BCUT2D eigenvalue weighted by atomic mass is 16.5. The number of rotatable bonds is 6. The molecule has 0 aromatic heterocycles. The van der Waals surface area contributed by atoms with E-state index in [1.54, 1.807) is 45.6 Å². The molecule has 0 fully saturated rings. The van der Waals surface area contributed by atoms with Gasteiger partial charge in [-0.25, -0.2) is 0 Å². The SMILES string of the molecule is COc1cc(OC)cc(C(=O)/C=C/c2ccc(OC)c(C)c2)c1. The molecular weight excluding hydrogens is 292 g/mol. The van der Waals surface area contributed by atoms with Crippen molar-refractivity contribution in [3.63, 3.8) is 0 Å². The molecule has 0 amide bonds. The number of hydrogen-bond acceptors (Lipinski definition) is 4. The van der Waals surface area contributed by atoms with Gasteiger partial charge in [0, 0.05) is 11.6 Å². The third-order valence-electron chi connectivity index (χ3n) is 3.48. The van der Waals surface area contributed by atoms with Gasteiger partial charge in [-0.2, -0.15) is 0 Å². The van der Waals surface area contributed by atoms with Crippen LogP contribution in [0.15, 0.2) is 42.5 Å². The lowest BCUT2D eigenvalue weighted by atomic mass is 10.1. The lowest BCUT2D eigenvalue weighted by Crippen LogP contribution is -1.97. The number of allylic oxidation sites excluding steroid dienone is 1. The third kappa shape index (κ3) is 4.13. The molecule has 2 rings (SSSR count). The van der Waals surface area contributed by atoms with Gasteiger partial charge < -0.3 is 14.2 Å². The summed E-state index contributed by atoms with van der Waals surface area (Å²) in [7, 11) is 4.75. The lowest BCUT2D eigenvalue weighted by Gasteiger charge is -2.06. The highest BCUT2D eigenvalue weighted by Crippen LogP contribution is 2.23. The number of hydrogen-bond donors (Lipinski definition) is 0. The highest BCUT2D eigenvalue weighted by molar-refractivity contribution is 6.07. The summed E-state index contributed by atoms with van der Waals surface area (Å²) in [5.74, 6) is 1.88. The molecule has 0 atom stereocenters. The molecule has 0 aliphatic heterocycles. The maximum absolute atomic E-state index is 12.3. The second-order valence-electron chi connectivity index (χ2n) is 5.03. The Morgan fingerprint density at radius 2 is 1.57 bits per heavy atom. The van der Waals surface area contributed by atoms with Crippen LogP contribution in [0.1, 0.15) is 21.5 Å². The summed E-state index contributed by atoms with van der Waals surface area (Å²) in [5.41, 5.74) is 2.47. The quantitative estimate of drug-likeness (QED) is 0.599. The molecule has 0 saturated carbocycles. The van der Waals surface area contributed by atoms with Crippen molar-refractivity contribution in [2.24, 2.45) is 0 Å². The Bertz CT molecular complexity index is 710. The lowest BCUT2D eigenvalue weighted by molar-refractivity contribution is 0.104. The summed E-state index contributed by atoms with van der Waals surface area (Å²) in [6.45, 7) is 1.96. The minimum absolute atomic E-state index is 0.115. The first-order valence-electron chi connectivity index (χ1n) is 7.17. The van der Waals surface area contributed by atoms with E-state index in [0.29, 0.717) is 17.1 Å². The molecule has 0 spiro atoms. The molecule has 0 N–H and O–H groups in total. The topological polar surface area (TPSA) is 44.8 Å². The van der Waals surface area contributed by atoms with Crippen LogP contribution in [0.4, 0.5) is 0 Å². The van der Waals surface area contributed by atoms with Crippen molar-refractivity contribution in [3.05, 3.63) is 59.2 Å². The van der Waals surface area contributed by atoms with Crippen molar-refractivity contribution < 1.29 is 19.0 Å². The van der Waals surface area contributed by atoms with Crippen LogP contribution in [0, 0.1) is 6.92 Å². The van der Waals surface area contributed by atoms with Crippen molar-refractivity contribution in [1.82, 2.24) is 0 Å². The van der Waals surface area contributed by atoms with Gasteiger partial charge in [-0.3, -0.25) is 4.79 Å². The average Bonchev–Trinajstić information content (AvgIpc) is 2.59. The third-order valence-corrected chi connectivity index (χ3v) is 3.48. The Labute approximate surface area is 136 Å². The smallest absolute Gasteiger partial charge is 0.186 e. The predicted molar refractivity (Wildman–Crippen MR) is 90.6 cm³/mol. The van der Waals surface area contributed by atoms with Gasteiger partial charge >= 0.3 is 0 Å². The standard InChI is InChI=1S/C19H20O4/c1-13-9-14(6-8-19(13)23-4)5-7-18(20)15-10-16(21-2)12-17(11-15)22-3/h5-12H,1-4H3/b7-5+. The van der Waals surface area contributed by atoms with E-state index in [9.17, 15) is 4.79 Å². The second kappa shape index (κ2) is 7.49. The summed E-state index contributed by atoms with van der Waals surface area (Å²) in [6, 6.07) is 10.9. The predicted octanol–water partition coefficient (Wildman–Crippen LogP) is 3.92. The van der Waals surface area contributed by atoms with Crippen molar-refractivity contribution in [3.8, 4) is 17.2 Å². The molecule has 0 heterocycles. The highest BCUT2D eigenvalue weighted by Gasteiger charge is 2.07. The van der Waals surface area contributed by atoms with E-state index >= 15 is 0 Å². The van der Waals surface area contributed by atoms with Crippen molar-refractivity contribution >= 4 is 11.9 Å². The Morgan fingerprint density at radius 3 is 2.09 bits per heavy atom. The fourth-order valence-corrected chi connectivity index (χ4v) is 2.22. The number of aryl methyl sites for hydroxylation is 1. The van der Waals surface area contributed by atoms with Crippen LogP contribution in [0.25, 0.3) is 6.08 Å². The molecule has 2 aromatic rings. The van der Waals surface area contributed by atoms with E-state index < -0.39 is 0 Å². The number of ketones is 1. The number of methoxy groups -OCH3 is 3. The maximum Gasteiger partial charge on any atom is 0.186 e. The minimum atomic E-state index is -0.115. The Morgan fingerprint density at radius 1 is 0.913 bits per heavy atom. The van der Waals surface area contributed by atoms with E-state index in [0.717, 1.165) is 16.9 Å². The zero-order valence-electron chi connectivity index (χ0n) is 13.8. The van der Waals surface area contributed by atoms with Gasteiger partial charge in [0.25, 0.3) is 0 Å². The molecular formula is C19H20O4. The van der Waals surface area contributed by atoms with Crippen LogP contribution in [-0.4, -0.2) is 27.1 Å². The Kier molecular flexibility index (Phi) is 5.41. The molecule has 0 aliphatic rings. The van der Waals surface area contributed by atoms with Gasteiger partial charge in [0.05, 0.1) is 21.3 Å². The number of carbonyl (C=O) groups is 1. The number of benzene rings is 2. The molecule has 0 saturated heterocycles. The van der Waals surface area contributed by atoms with E-state index in [4.69, 9.17) is 14.2 Å². The van der Waals surface area contributed by atoms with E-state index in [-0.39, 0.29) is 5.78 Å². The van der Waals surface area contributed by atoms with E-state index in [2.05, 4.69) is 0 Å². The summed E-state index contributed by atoms with van der Waals surface area (Å²) in [5, 5.41) is 0.